The summed E-state index contributed by atoms with van der Waals surface area (Å²) in [5.41, 5.74) is -0.572. The number of phenols is 2. The number of esters is 1. The minimum Gasteiger partial charge on any atom is -0.507 e. The smallest absolute Gasteiger partial charge is 0.312 e. The van der Waals surface area contributed by atoms with Crippen molar-refractivity contribution in [1.29, 1.82) is 0 Å². The molecule has 2 aromatic carbocycles. The van der Waals surface area contributed by atoms with E-state index in [0.29, 0.717) is 31.8 Å². The van der Waals surface area contributed by atoms with Crippen LogP contribution in [0, 0.1) is 36.5 Å². The predicted molar refractivity (Wildman–Crippen MR) is 228 cm³/mol. The van der Waals surface area contributed by atoms with Crippen LogP contribution in [-0.2, 0) is 23.8 Å². The molecule has 61 heavy (non-hydrogen) atoms. The van der Waals surface area contributed by atoms with E-state index < -0.39 is 82.9 Å². The van der Waals surface area contributed by atoms with E-state index in [0.717, 1.165) is 6.54 Å². The van der Waals surface area contributed by atoms with Gasteiger partial charge in [-0.25, -0.2) is 0 Å². The van der Waals surface area contributed by atoms with Gasteiger partial charge in [0.25, 0.3) is 11.7 Å². The number of Topliss-reactive ketones (excluding diaryl/α,β-unsaturated/α-hetero) is 1. The zero-order chi connectivity index (χ0) is 44.9. The van der Waals surface area contributed by atoms with Crippen LogP contribution < -0.4 is 20.8 Å². The Morgan fingerprint density at radius 1 is 0.967 bits per heavy atom. The van der Waals surface area contributed by atoms with Gasteiger partial charge >= 0.3 is 11.8 Å². The first kappa shape index (κ1) is 45.7. The number of amides is 1. The maximum atomic E-state index is 14.7. The number of aliphatic hydroxyl groups is 2. The van der Waals surface area contributed by atoms with Gasteiger partial charge in [-0.1, -0.05) is 59.8 Å². The van der Waals surface area contributed by atoms with E-state index >= 15 is 0 Å². The Kier molecular flexibility index (Phi) is 13.1. The summed E-state index contributed by atoms with van der Waals surface area (Å²) in [6.07, 6.45) is 5.04. The number of hydrogen-bond acceptors (Lipinski definition) is 14. The maximum Gasteiger partial charge on any atom is 0.312 e. The van der Waals surface area contributed by atoms with E-state index in [9.17, 15) is 34.8 Å². The van der Waals surface area contributed by atoms with E-state index in [2.05, 4.69) is 24.1 Å². The number of carbonyl (C=O) groups excluding carboxylic acids is 3. The predicted octanol–water partition coefficient (Wildman–Crippen LogP) is 4.75. The van der Waals surface area contributed by atoms with Gasteiger partial charge in [-0.05, 0) is 25.8 Å². The van der Waals surface area contributed by atoms with Crippen LogP contribution in [0.25, 0.3) is 10.8 Å². The third kappa shape index (κ3) is 8.54. The summed E-state index contributed by atoms with van der Waals surface area (Å²) in [5, 5.41) is 50.2. The number of nitrogens with zero attached hydrogens (tertiary/aromatic N) is 3. The van der Waals surface area contributed by atoms with E-state index in [-0.39, 0.29) is 55.4 Å². The number of phenolic OH excluding ortho intramolecular Hbond substituents is 2. The van der Waals surface area contributed by atoms with Crippen molar-refractivity contribution in [3.8, 4) is 17.2 Å². The molecule has 0 saturated carbocycles. The van der Waals surface area contributed by atoms with Gasteiger partial charge in [0.15, 0.2) is 11.4 Å². The average molecular weight is 847 g/mol. The highest BCUT2D eigenvalue weighted by Crippen LogP contribution is 2.50. The van der Waals surface area contributed by atoms with Crippen LogP contribution >= 0.6 is 0 Å². The molecule has 4 bridgehead atoms. The third-order valence-corrected chi connectivity index (χ3v) is 12.9. The fraction of sp³-hybridized carbons (Fsp3) is 0.587. The summed E-state index contributed by atoms with van der Waals surface area (Å²) < 4.78 is 24.0. The molecule has 1 saturated heterocycles. The van der Waals surface area contributed by atoms with Crippen LogP contribution in [0.2, 0.25) is 0 Å². The molecule has 1 amide bonds. The van der Waals surface area contributed by atoms with Gasteiger partial charge < -0.3 is 49.6 Å². The highest BCUT2D eigenvalue weighted by atomic mass is 16.7. The number of hydrogen-bond donors (Lipinski definition) is 5. The monoisotopic (exact) mass is 846 g/mol. The van der Waals surface area contributed by atoms with Crippen LogP contribution in [0.1, 0.15) is 91.1 Å². The van der Waals surface area contributed by atoms with Crippen LogP contribution in [0.3, 0.4) is 0 Å². The molecule has 4 heterocycles. The maximum absolute atomic E-state index is 14.7. The van der Waals surface area contributed by atoms with Crippen molar-refractivity contribution in [1.82, 2.24) is 4.90 Å². The van der Waals surface area contributed by atoms with E-state index in [1.165, 1.54) is 27.2 Å². The summed E-state index contributed by atoms with van der Waals surface area (Å²) >= 11 is 0. The van der Waals surface area contributed by atoms with Crippen molar-refractivity contribution >= 4 is 34.1 Å². The first-order valence-electron chi connectivity index (χ1n) is 21.2. The van der Waals surface area contributed by atoms with E-state index in [1.807, 2.05) is 0 Å². The highest BCUT2D eigenvalue weighted by Gasteiger charge is 2.50. The lowest BCUT2D eigenvalue weighted by Crippen LogP contribution is -2.46. The van der Waals surface area contributed by atoms with E-state index in [1.54, 1.807) is 65.8 Å². The van der Waals surface area contributed by atoms with Gasteiger partial charge in [-0.2, -0.15) is 0 Å². The quantitative estimate of drug-likeness (QED) is 0.209. The fourth-order valence-corrected chi connectivity index (χ4v) is 9.20. The molecule has 15 heteroatoms. The lowest BCUT2D eigenvalue weighted by atomic mass is 9.78. The summed E-state index contributed by atoms with van der Waals surface area (Å²) in [4.78, 5) is 53.7. The number of rotatable bonds is 4. The van der Waals surface area contributed by atoms with Crippen molar-refractivity contribution < 1.29 is 53.8 Å². The molecule has 6 rings (SSSR count). The molecule has 9 atom stereocenters. The molecule has 5 N–H and O–H groups in total. The lowest BCUT2D eigenvalue weighted by molar-refractivity contribution is -0.160. The Morgan fingerprint density at radius 2 is 1.62 bits per heavy atom. The second kappa shape index (κ2) is 17.5. The number of benzene rings is 2. The lowest BCUT2D eigenvalue weighted by Gasteiger charge is -2.38. The number of methoxy groups -OCH3 is 1. The Balaban J connectivity index is 1.54. The van der Waals surface area contributed by atoms with Gasteiger partial charge in [-0.3, -0.25) is 24.4 Å². The number of piperidine rings is 1. The molecule has 4 aliphatic heterocycles. The number of ether oxygens (including phenoxy) is 4. The minimum absolute atomic E-state index is 0.0364. The summed E-state index contributed by atoms with van der Waals surface area (Å²) in [6.45, 7) is 19.5. The molecular formula is C46H62N4O11. The normalized spacial score (nSPS) is 32.7. The molecular weight excluding hydrogens is 785 g/mol. The van der Waals surface area contributed by atoms with Gasteiger partial charge in [0.05, 0.1) is 40.9 Å². The van der Waals surface area contributed by atoms with Crippen molar-refractivity contribution in [2.75, 3.05) is 32.1 Å². The number of anilines is 1. The van der Waals surface area contributed by atoms with Crippen LogP contribution in [0.5, 0.6) is 17.2 Å². The molecule has 1 spiro atoms. The molecule has 332 valence electrons. The molecule has 4 unspecified atom stereocenters. The largest absolute Gasteiger partial charge is 0.507 e. The molecule has 2 aromatic rings. The number of likely N-dealkylation sites (tertiary alicyclic amines) is 1. The first-order chi connectivity index (χ1) is 28.6. The summed E-state index contributed by atoms with van der Waals surface area (Å²) in [5.74, 6) is -6.44. The zero-order valence-electron chi connectivity index (χ0n) is 37.1. The van der Waals surface area contributed by atoms with Crippen molar-refractivity contribution in [2.45, 2.75) is 118 Å². The van der Waals surface area contributed by atoms with Crippen LogP contribution in [0.15, 0.2) is 46.1 Å². The van der Waals surface area contributed by atoms with Crippen molar-refractivity contribution in [2.24, 2.45) is 39.6 Å². The number of fused-ring (bicyclic) bond motifs is 1. The molecule has 1 fully saturated rings. The van der Waals surface area contributed by atoms with Gasteiger partial charge in [-0.15, -0.1) is 0 Å². The fourth-order valence-electron chi connectivity index (χ4n) is 9.20. The molecule has 15 nitrogen and oxygen atoms in total. The van der Waals surface area contributed by atoms with Gasteiger partial charge in [0, 0.05) is 93.6 Å². The topological polar surface area (TPSA) is 209 Å². The SMILES string of the molecule is CO[C@H]1/C=C/O[C@@]2(C)Oc3c(C)c(O)c4c(O)c(c5c(c4c3C2=O)=NC2(CCN(CC(C)C)CC2)N=5)NC(=O)/C(C)=C\C=C\C(C)[C@H](O)C(C)[C@@H](O)C(C)C(OC(C)=O)[C@@H]1C. The number of ketones is 1. The zero-order valence-corrected chi connectivity index (χ0v) is 37.1. The number of aromatic hydroxyl groups is 2. The average Bonchev–Trinajstić information content (AvgIpc) is 3.71. The second-order valence-electron chi connectivity index (χ2n) is 18.0. The Hall–Kier alpha value is -4.83. The van der Waals surface area contributed by atoms with E-state index in [4.69, 9.17) is 28.9 Å². The standard InChI is InChI=1S/C46H62N4O11/c1-22(2)21-50-18-16-46(17-19-50)48-34-31-32-39(54)28(8)42-33(31)43(56)45(10,61-42)59-20-15-30(58-11)25(5)41(60-29(9)51)27(7)38(53)26(6)37(52)23(3)13-12-14-24(4)44(57)47-36(40(32)55)35(34)49-46/h12-15,20,22-23,25-27,30,37-38,41,52-55H,16-19,21H2,1-11H3,(H,47,57)/b13-12+,20-15+,24-14-/t23?,25-,26?,27?,30+,37+,38-,41?,45+/m1/s1. The number of nitrogens with one attached hydrogen (secondary N) is 1. The van der Waals surface area contributed by atoms with Gasteiger partial charge in [0.2, 0.25) is 0 Å². The molecule has 0 aliphatic carbocycles. The molecule has 4 aliphatic rings. The van der Waals surface area contributed by atoms with Gasteiger partial charge in [0.1, 0.15) is 28.6 Å². The number of carbonyl (C=O) groups is 3. The number of aliphatic hydroxyl groups excluding tert-OH is 2. The summed E-state index contributed by atoms with van der Waals surface area (Å²) in [6, 6.07) is 0. The second-order valence-corrected chi connectivity index (χ2v) is 18.0. The van der Waals surface area contributed by atoms with Crippen LogP contribution in [0.4, 0.5) is 5.69 Å². The van der Waals surface area contributed by atoms with Crippen molar-refractivity contribution in [3.63, 3.8) is 0 Å². The van der Waals surface area contributed by atoms with Crippen molar-refractivity contribution in [3.05, 3.63) is 58.0 Å². The van der Waals surface area contributed by atoms with Crippen LogP contribution in [-0.4, -0.2) is 106 Å². The number of allylic oxidation sites excluding steroid dienone is 2. The minimum atomic E-state index is -1.96. The first-order valence-corrected chi connectivity index (χ1v) is 21.2. The Labute approximate surface area is 356 Å². The molecule has 0 radical (unpaired) electrons. The Bertz CT molecular complexity index is 2300. The summed E-state index contributed by atoms with van der Waals surface area (Å²) in [7, 11) is 1.47. The Morgan fingerprint density at radius 3 is 2.25 bits per heavy atom. The highest BCUT2D eigenvalue weighted by molar-refractivity contribution is 6.19. The third-order valence-electron chi connectivity index (χ3n) is 12.9. The molecule has 0 aromatic heterocycles.